The normalized spacial score (nSPS) is 17.5. The Balaban J connectivity index is 1.85. The molecule has 126 valence electrons. The van der Waals surface area contributed by atoms with Crippen molar-refractivity contribution in [1.29, 1.82) is 5.26 Å². The van der Waals surface area contributed by atoms with Crippen molar-refractivity contribution in [2.24, 2.45) is 5.92 Å². The topological polar surface area (TPSA) is 82.7 Å². The standard InChI is InChI=1S/C19H17N3O2S/c1-10-3-6-14-15(7-10)25-19-16(14)18(23)21-17(22-19)12(9-20)8-13-5-4-11(2)24-13/h4-5,8,10H,3,6-7H2,1-2H3,(H,21,22,23). The third kappa shape index (κ3) is 2.81. The van der Waals surface area contributed by atoms with Crippen LogP contribution in [0.25, 0.3) is 21.9 Å². The van der Waals surface area contributed by atoms with Crippen LogP contribution >= 0.6 is 11.3 Å². The van der Waals surface area contributed by atoms with Gasteiger partial charge in [-0.1, -0.05) is 6.92 Å². The highest BCUT2D eigenvalue weighted by Crippen LogP contribution is 2.35. The Bertz CT molecular complexity index is 1090. The molecule has 0 radical (unpaired) electrons. The molecule has 1 aliphatic rings. The van der Waals surface area contributed by atoms with E-state index < -0.39 is 0 Å². The molecular formula is C19H17N3O2S. The largest absolute Gasteiger partial charge is 0.462 e. The fourth-order valence-corrected chi connectivity index (χ4v) is 4.69. The minimum Gasteiger partial charge on any atom is -0.462 e. The van der Waals surface area contributed by atoms with Gasteiger partial charge in [0.25, 0.3) is 5.56 Å². The fourth-order valence-electron chi connectivity index (χ4n) is 3.30. The lowest BCUT2D eigenvalue weighted by Crippen LogP contribution is -2.14. The molecule has 0 aliphatic heterocycles. The summed E-state index contributed by atoms with van der Waals surface area (Å²) in [6.45, 7) is 4.07. The van der Waals surface area contributed by atoms with E-state index in [0.29, 0.717) is 22.9 Å². The van der Waals surface area contributed by atoms with E-state index in [1.165, 1.54) is 4.88 Å². The molecule has 0 saturated carbocycles. The van der Waals surface area contributed by atoms with Crippen LogP contribution in [0.15, 0.2) is 21.3 Å². The van der Waals surface area contributed by atoms with Crippen molar-refractivity contribution in [2.75, 3.05) is 0 Å². The second-order valence-electron chi connectivity index (χ2n) is 6.56. The SMILES string of the molecule is Cc1ccc(C=C(C#N)c2nc3sc4c(c3c(=O)[nH]2)CCC(C)C4)o1. The van der Waals surface area contributed by atoms with Gasteiger partial charge >= 0.3 is 0 Å². The molecule has 3 aromatic rings. The Morgan fingerprint density at radius 1 is 1.52 bits per heavy atom. The number of hydrogen-bond donors (Lipinski definition) is 1. The zero-order chi connectivity index (χ0) is 17.6. The van der Waals surface area contributed by atoms with Gasteiger partial charge in [0.15, 0.2) is 5.82 Å². The van der Waals surface area contributed by atoms with E-state index in [1.54, 1.807) is 23.5 Å². The molecule has 3 aromatic heterocycles. The van der Waals surface area contributed by atoms with Crippen LogP contribution in [0.1, 0.15) is 41.1 Å². The summed E-state index contributed by atoms with van der Waals surface area (Å²) in [5, 5.41) is 10.2. The number of H-pyrrole nitrogens is 1. The van der Waals surface area contributed by atoms with Crippen LogP contribution in [0.5, 0.6) is 0 Å². The number of allylic oxidation sites excluding steroid dienone is 1. The Hall–Kier alpha value is -2.65. The summed E-state index contributed by atoms with van der Waals surface area (Å²) >= 11 is 1.58. The molecule has 25 heavy (non-hydrogen) atoms. The highest BCUT2D eigenvalue weighted by Gasteiger charge is 2.23. The van der Waals surface area contributed by atoms with Crippen LogP contribution < -0.4 is 5.56 Å². The maximum absolute atomic E-state index is 12.6. The minimum absolute atomic E-state index is 0.163. The molecule has 1 unspecified atom stereocenters. The van der Waals surface area contributed by atoms with Crippen molar-refractivity contribution in [2.45, 2.75) is 33.1 Å². The third-order valence-corrected chi connectivity index (χ3v) is 5.74. The van der Waals surface area contributed by atoms with E-state index in [0.717, 1.165) is 35.4 Å². The first-order valence-corrected chi connectivity index (χ1v) is 9.10. The second-order valence-corrected chi connectivity index (χ2v) is 7.65. The average molecular weight is 351 g/mol. The predicted molar refractivity (Wildman–Crippen MR) is 98.4 cm³/mol. The van der Waals surface area contributed by atoms with E-state index in [4.69, 9.17) is 4.42 Å². The zero-order valence-corrected chi connectivity index (χ0v) is 14.9. The van der Waals surface area contributed by atoms with Crippen molar-refractivity contribution < 1.29 is 4.42 Å². The molecule has 3 heterocycles. The van der Waals surface area contributed by atoms with Gasteiger partial charge in [0.05, 0.1) is 11.0 Å². The van der Waals surface area contributed by atoms with E-state index in [2.05, 4.69) is 23.0 Å². The van der Waals surface area contributed by atoms with Gasteiger partial charge in [-0.2, -0.15) is 5.26 Å². The molecular weight excluding hydrogens is 334 g/mol. The lowest BCUT2D eigenvalue weighted by molar-refractivity contribution is 0.509. The molecule has 1 aliphatic carbocycles. The van der Waals surface area contributed by atoms with Gasteiger partial charge in [-0.25, -0.2) is 4.98 Å². The number of furan rings is 1. The number of aryl methyl sites for hydroxylation is 2. The fraction of sp³-hybridized carbons (Fsp3) is 0.316. The summed E-state index contributed by atoms with van der Waals surface area (Å²) in [4.78, 5) is 22.0. The molecule has 0 spiro atoms. The van der Waals surface area contributed by atoms with E-state index in [-0.39, 0.29) is 11.1 Å². The molecule has 1 atom stereocenters. The van der Waals surface area contributed by atoms with Crippen molar-refractivity contribution in [1.82, 2.24) is 9.97 Å². The number of fused-ring (bicyclic) bond motifs is 3. The minimum atomic E-state index is -0.163. The number of aromatic amines is 1. The van der Waals surface area contributed by atoms with Crippen LogP contribution in [-0.2, 0) is 12.8 Å². The van der Waals surface area contributed by atoms with Gasteiger partial charge in [-0.15, -0.1) is 11.3 Å². The Kier molecular flexibility index (Phi) is 3.81. The van der Waals surface area contributed by atoms with Crippen molar-refractivity contribution in [3.05, 3.63) is 50.3 Å². The van der Waals surface area contributed by atoms with Gasteiger partial charge in [-0.05, 0) is 49.8 Å². The number of nitrogens with one attached hydrogen (secondary N) is 1. The van der Waals surface area contributed by atoms with Gasteiger partial charge in [0, 0.05) is 11.0 Å². The Morgan fingerprint density at radius 3 is 3.08 bits per heavy atom. The van der Waals surface area contributed by atoms with Crippen molar-refractivity contribution in [3.8, 4) is 6.07 Å². The molecule has 0 amide bonds. The number of aromatic nitrogens is 2. The molecule has 5 nitrogen and oxygen atoms in total. The summed E-state index contributed by atoms with van der Waals surface area (Å²) in [5.74, 6) is 2.26. The van der Waals surface area contributed by atoms with E-state index in [9.17, 15) is 10.1 Å². The zero-order valence-electron chi connectivity index (χ0n) is 14.0. The van der Waals surface area contributed by atoms with Crippen LogP contribution in [0, 0.1) is 24.2 Å². The Labute approximate surface area is 148 Å². The Morgan fingerprint density at radius 2 is 2.36 bits per heavy atom. The number of hydrogen-bond acceptors (Lipinski definition) is 5. The average Bonchev–Trinajstić information content (AvgIpc) is 3.14. The summed E-state index contributed by atoms with van der Waals surface area (Å²) in [5.41, 5.74) is 1.26. The summed E-state index contributed by atoms with van der Waals surface area (Å²) in [7, 11) is 0. The lowest BCUT2D eigenvalue weighted by Gasteiger charge is -2.17. The summed E-state index contributed by atoms with van der Waals surface area (Å²) in [6.07, 6.45) is 4.62. The lowest BCUT2D eigenvalue weighted by atomic mass is 9.89. The maximum Gasteiger partial charge on any atom is 0.260 e. The van der Waals surface area contributed by atoms with Gasteiger partial charge in [-0.3, -0.25) is 4.79 Å². The molecule has 0 aromatic carbocycles. The van der Waals surface area contributed by atoms with E-state index in [1.807, 2.05) is 13.0 Å². The summed E-state index contributed by atoms with van der Waals surface area (Å²) in [6, 6.07) is 5.72. The highest BCUT2D eigenvalue weighted by molar-refractivity contribution is 7.18. The predicted octanol–water partition coefficient (Wildman–Crippen LogP) is 4.08. The van der Waals surface area contributed by atoms with Crippen LogP contribution in [-0.4, -0.2) is 9.97 Å². The molecule has 6 heteroatoms. The molecule has 0 saturated heterocycles. The van der Waals surface area contributed by atoms with Crippen molar-refractivity contribution in [3.63, 3.8) is 0 Å². The van der Waals surface area contributed by atoms with Crippen LogP contribution in [0.3, 0.4) is 0 Å². The highest BCUT2D eigenvalue weighted by atomic mass is 32.1. The monoisotopic (exact) mass is 351 g/mol. The van der Waals surface area contributed by atoms with Crippen LogP contribution in [0.2, 0.25) is 0 Å². The first kappa shape index (κ1) is 15.9. The first-order valence-electron chi connectivity index (χ1n) is 8.28. The number of rotatable bonds is 2. The van der Waals surface area contributed by atoms with Gasteiger partial charge in [0.1, 0.15) is 22.4 Å². The smallest absolute Gasteiger partial charge is 0.260 e. The molecule has 0 bridgehead atoms. The quantitative estimate of drug-likeness (QED) is 0.705. The van der Waals surface area contributed by atoms with Crippen LogP contribution in [0.4, 0.5) is 0 Å². The number of thiophene rings is 1. The second kappa shape index (κ2) is 6.01. The number of nitriles is 1. The summed E-state index contributed by atoms with van der Waals surface area (Å²) < 4.78 is 5.49. The molecule has 0 fully saturated rings. The third-order valence-electron chi connectivity index (χ3n) is 4.59. The molecule has 1 N–H and O–H groups in total. The molecule has 4 rings (SSSR count). The van der Waals surface area contributed by atoms with Gasteiger partial charge < -0.3 is 9.40 Å². The van der Waals surface area contributed by atoms with Crippen molar-refractivity contribution >= 4 is 33.2 Å². The number of nitrogens with zero attached hydrogens (tertiary/aromatic N) is 2. The van der Waals surface area contributed by atoms with Gasteiger partial charge in [0.2, 0.25) is 0 Å². The maximum atomic E-state index is 12.6. The first-order chi connectivity index (χ1) is 12.0. The van der Waals surface area contributed by atoms with E-state index >= 15 is 0 Å².